The minimum atomic E-state index is -4.58. The molecule has 0 spiro atoms. The summed E-state index contributed by atoms with van der Waals surface area (Å²) in [5, 5.41) is 0. The number of benzene rings is 2. The van der Waals surface area contributed by atoms with Crippen LogP contribution in [-0.4, -0.2) is 30.7 Å². The maximum absolute atomic E-state index is 13.6. The number of ether oxygens (including phenoxy) is 2. The fourth-order valence-electron chi connectivity index (χ4n) is 4.53. The highest BCUT2D eigenvalue weighted by molar-refractivity contribution is 6.23. The number of carbonyl (C=O) groups excluding carboxylic acids is 2. The summed E-state index contributed by atoms with van der Waals surface area (Å²) in [6.45, 7) is 5.29. The summed E-state index contributed by atoms with van der Waals surface area (Å²) < 4.78 is 52.1. The van der Waals surface area contributed by atoms with Crippen molar-refractivity contribution in [2.24, 2.45) is 0 Å². The highest BCUT2D eigenvalue weighted by atomic mass is 19.4. The summed E-state index contributed by atoms with van der Waals surface area (Å²) in [5.41, 5.74) is 2.58. The van der Waals surface area contributed by atoms with Gasteiger partial charge in [-0.05, 0) is 80.9 Å². The number of aryl methyl sites for hydroxylation is 1. The van der Waals surface area contributed by atoms with E-state index < -0.39 is 23.6 Å². The second kappa shape index (κ2) is 9.65. The normalized spacial score (nSPS) is 15.1. The van der Waals surface area contributed by atoms with E-state index in [1.807, 2.05) is 48.7 Å². The minimum absolute atomic E-state index is 0.000776. The lowest BCUT2D eigenvalue weighted by atomic mass is 10.0. The van der Waals surface area contributed by atoms with Crippen LogP contribution >= 0.6 is 0 Å². The monoisotopic (exact) mass is 510 g/mol. The molecule has 192 valence electrons. The van der Waals surface area contributed by atoms with Crippen molar-refractivity contribution < 1.29 is 32.2 Å². The number of hydrogen-bond acceptors (Lipinski definition) is 4. The van der Waals surface area contributed by atoms with Crippen LogP contribution in [0.4, 0.5) is 18.9 Å². The van der Waals surface area contributed by atoms with Crippen LogP contribution in [0.25, 0.3) is 11.8 Å². The lowest BCUT2D eigenvalue weighted by Crippen LogP contribution is -2.25. The zero-order valence-corrected chi connectivity index (χ0v) is 20.9. The minimum Gasteiger partial charge on any atom is -0.497 e. The summed E-state index contributed by atoms with van der Waals surface area (Å²) in [6.07, 6.45) is -3.01. The highest BCUT2D eigenvalue weighted by Gasteiger charge is 2.39. The fourth-order valence-corrected chi connectivity index (χ4v) is 4.53. The second-order valence-electron chi connectivity index (χ2n) is 8.56. The van der Waals surface area contributed by atoms with E-state index in [0.29, 0.717) is 11.3 Å². The third-order valence-electron chi connectivity index (χ3n) is 6.32. The van der Waals surface area contributed by atoms with Crippen molar-refractivity contribution in [2.45, 2.75) is 26.9 Å². The Morgan fingerprint density at radius 3 is 2.22 bits per heavy atom. The van der Waals surface area contributed by atoms with Crippen LogP contribution in [0.1, 0.15) is 29.4 Å². The first-order valence-corrected chi connectivity index (χ1v) is 11.3. The van der Waals surface area contributed by atoms with Gasteiger partial charge in [0, 0.05) is 28.5 Å². The maximum Gasteiger partial charge on any atom is 0.416 e. The molecule has 2 heterocycles. The quantitative estimate of drug-likeness (QED) is 0.312. The average molecular weight is 511 g/mol. The SMILES string of the molecule is COC(=O)C1=C(C)N(c2cccc(C(F)(F)F)c2)C(=O)/C1=C\c1cc(C)n(-c2ccc(OC)cc2)c1C. The van der Waals surface area contributed by atoms with Crippen molar-refractivity contribution in [1.82, 2.24) is 4.57 Å². The zero-order valence-electron chi connectivity index (χ0n) is 20.9. The van der Waals surface area contributed by atoms with Gasteiger partial charge in [-0.15, -0.1) is 0 Å². The van der Waals surface area contributed by atoms with Crippen molar-refractivity contribution in [2.75, 3.05) is 19.1 Å². The Balaban J connectivity index is 1.82. The second-order valence-corrected chi connectivity index (χ2v) is 8.56. The van der Waals surface area contributed by atoms with E-state index >= 15 is 0 Å². The first-order valence-electron chi connectivity index (χ1n) is 11.3. The Morgan fingerprint density at radius 2 is 1.62 bits per heavy atom. The Labute approximate surface area is 212 Å². The first kappa shape index (κ1) is 25.8. The van der Waals surface area contributed by atoms with Gasteiger partial charge in [0.1, 0.15) is 5.75 Å². The van der Waals surface area contributed by atoms with Crippen LogP contribution < -0.4 is 9.64 Å². The van der Waals surface area contributed by atoms with Gasteiger partial charge in [-0.1, -0.05) is 6.07 Å². The van der Waals surface area contributed by atoms with Gasteiger partial charge in [0.2, 0.25) is 0 Å². The molecule has 2 aromatic carbocycles. The molecule has 1 amide bonds. The summed E-state index contributed by atoms with van der Waals surface area (Å²) in [5.74, 6) is -0.662. The molecule has 0 atom stereocenters. The van der Waals surface area contributed by atoms with Crippen molar-refractivity contribution in [3.8, 4) is 11.4 Å². The molecule has 1 aromatic heterocycles. The van der Waals surface area contributed by atoms with Gasteiger partial charge in [-0.3, -0.25) is 9.69 Å². The van der Waals surface area contributed by atoms with Crippen LogP contribution in [0.2, 0.25) is 0 Å². The number of hydrogen-bond donors (Lipinski definition) is 0. The standard InChI is InChI=1S/C28H25F3N2O4/c1-16-13-19(17(2)32(16)21-9-11-23(36-4)12-10-21)14-24-25(27(35)37-5)18(3)33(26(24)34)22-8-6-7-20(15-22)28(29,30)31/h6-15H,1-5H3/b24-14-. The number of methoxy groups -OCH3 is 2. The molecule has 3 aromatic rings. The van der Waals surface area contributed by atoms with Gasteiger partial charge in [-0.25, -0.2) is 4.79 Å². The zero-order chi connectivity index (χ0) is 27.1. The summed E-state index contributed by atoms with van der Waals surface area (Å²) in [6, 6.07) is 13.8. The average Bonchev–Trinajstić information content (AvgIpc) is 3.29. The van der Waals surface area contributed by atoms with E-state index in [-0.39, 0.29) is 22.5 Å². The number of aromatic nitrogens is 1. The number of esters is 1. The van der Waals surface area contributed by atoms with E-state index in [1.54, 1.807) is 13.2 Å². The lowest BCUT2D eigenvalue weighted by Gasteiger charge is -2.19. The lowest BCUT2D eigenvalue weighted by molar-refractivity contribution is -0.137. The Bertz CT molecular complexity index is 1450. The predicted molar refractivity (Wildman–Crippen MR) is 133 cm³/mol. The van der Waals surface area contributed by atoms with E-state index in [9.17, 15) is 22.8 Å². The largest absolute Gasteiger partial charge is 0.497 e. The molecule has 0 bridgehead atoms. The van der Waals surface area contributed by atoms with Gasteiger partial charge in [0.05, 0.1) is 30.9 Å². The van der Waals surface area contributed by atoms with Gasteiger partial charge < -0.3 is 14.0 Å². The third kappa shape index (κ3) is 4.64. The van der Waals surface area contributed by atoms with Gasteiger partial charge in [0.25, 0.3) is 5.91 Å². The van der Waals surface area contributed by atoms with Gasteiger partial charge in [0.15, 0.2) is 0 Å². The molecule has 0 unspecified atom stereocenters. The Kier molecular flexibility index (Phi) is 6.73. The molecule has 0 radical (unpaired) electrons. The van der Waals surface area contributed by atoms with Crippen molar-refractivity contribution in [3.05, 3.63) is 94.0 Å². The number of allylic oxidation sites excluding steroid dienone is 1. The molecular weight excluding hydrogens is 485 g/mol. The van der Waals surface area contributed by atoms with Crippen molar-refractivity contribution in [3.63, 3.8) is 0 Å². The van der Waals surface area contributed by atoms with E-state index in [2.05, 4.69) is 0 Å². The number of amides is 1. The van der Waals surface area contributed by atoms with E-state index in [0.717, 1.165) is 34.1 Å². The molecule has 0 fully saturated rings. The molecule has 0 saturated heterocycles. The third-order valence-corrected chi connectivity index (χ3v) is 6.32. The van der Waals surface area contributed by atoms with Crippen LogP contribution in [0.3, 0.4) is 0 Å². The number of anilines is 1. The molecule has 1 aliphatic rings. The van der Waals surface area contributed by atoms with Crippen molar-refractivity contribution in [1.29, 1.82) is 0 Å². The van der Waals surface area contributed by atoms with Gasteiger partial charge in [-0.2, -0.15) is 13.2 Å². The Hall–Kier alpha value is -4.27. The fraction of sp³-hybridized carbons (Fsp3) is 0.214. The van der Waals surface area contributed by atoms with Crippen LogP contribution in [-0.2, 0) is 20.5 Å². The molecule has 0 N–H and O–H groups in total. The molecule has 37 heavy (non-hydrogen) atoms. The highest BCUT2D eigenvalue weighted by Crippen LogP contribution is 2.38. The molecule has 1 aliphatic heterocycles. The number of halogens is 3. The molecule has 9 heteroatoms. The smallest absolute Gasteiger partial charge is 0.416 e. The predicted octanol–water partition coefficient (Wildman–Crippen LogP) is 6.00. The molecule has 0 aliphatic carbocycles. The number of nitrogens with zero attached hydrogens (tertiary/aromatic N) is 2. The molecule has 0 saturated carbocycles. The van der Waals surface area contributed by atoms with E-state index in [1.165, 1.54) is 26.2 Å². The first-order chi connectivity index (χ1) is 17.5. The van der Waals surface area contributed by atoms with Crippen molar-refractivity contribution >= 4 is 23.6 Å². The van der Waals surface area contributed by atoms with Crippen LogP contribution in [0.15, 0.2) is 71.4 Å². The van der Waals surface area contributed by atoms with E-state index in [4.69, 9.17) is 9.47 Å². The van der Waals surface area contributed by atoms with Crippen LogP contribution in [0.5, 0.6) is 5.75 Å². The molecule has 4 rings (SSSR count). The van der Waals surface area contributed by atoms with Gasteiger partial charge >= 0.3 is 12.1 Å². The number of rotatable bonds is 5. The summed E-state index contributed by atoms with van der Waals surface area (Å²) in [7, 11) is 2.77. The molecule has 6 nitrogen and oxygen atoms in total. The molecular formula is C28H25F3N2O4. The number of carbonyl (C=O) groups is 2. The topological polar surface area (TPSA) is 60.8 Å². The number of alkyl halides is 3. The Morgan fingerprint density at radius 1 is 0.946 bits per heavy atom. The summed E-state index contributed by atoms with van der Waals surface area (Å²) in [4.78, 5) is 27.4. The van der Waals surface area contributed by atoms with Crippen LogP contribution in [0, 0.1) is 13.8 Å². The maximum atomic E-state index is 13.6. The summed E-state index contributed by atoms with van der Waals surface area (Å²) >= 11 is 0.